The lowest BCUT2D eigenvalue weighted by Gasteiger charge is -2.41. The predicted octanol–water partition coefficient (Wildman–Crippen LogP) is 3.65. The fourth-order valence-electron chi connectivity index (χ4n) is 2.38. The van der Waals surface area contributed by atoms with Crippen LogP contribution < -0.4 is 5.73 Å². The Hall–Kier alpha value is -0.0800. The number of hydrogen-bond acceptors (Lipinski definition) is 2. The number of likely N-dealkylation sites (N-methyl/N-ethyl adjacent to an activating group) is 1. The Bertz CT molecular complexity index is 182. The van der Waals surface area contributed by atoms with E-state index in [2.05, 4.69) is 39.5 Å². The molecule has 0 heterocycles. The minimum atomic E-state index is 0.202. The van der Waals surface area contributed by atoms with E-state index in [1.54, 1.807) is 0 Å². The summed E-state index contributed by atoms with van der Waals surface area (Å²) >= 11 is 0. The monoisotopic (exact) mass is 242 g/mol. The van der Waals surface area contributed by atoms with E-state index in [9.17, 15) is 0 Å². The van der Waals surface area contributed by atoms with Gasteiger partial charge in [-0.05, 0) is 25.8 Å². The molecule has 0 radical (unpaired) electrons. The van der Waals surface area contributed by atoms with Crippen molar-refractivity contribution < 1.29 is 0 Å². The Morgan fingerprint density at radius 2 is 1.82 bits per heavy atom. The van der Waals surface area contributed by atoms with Gasteiger partial charge in [-0.3, -0.25) is 4.90 Å². The zero-order valence-corrected chi connectivity index (χ0v) is 12.8. The van der Waals surface area contributed by atoms with Gasteiger partial charge < -0.3 is 5.73 Å². The average Bonchev–Trinajstić information content (AvgIpc) is 2.35. The zero-order valence-electron chi connectivity index (χ0n) is 12.8. The fourth-order valence-corrected chi connectivity index (χ4v) is 2.38. The van der Waals surface area contributed by atoms with Crippen LogP contribution in [0.4, 0.5) is 0 Å². The molecule has 0 aliphatic rings. The third kappa shape index (κ3) is 5.87. The lowest BCUT2D eigenvalue weighted by atomic mass is 9.91. The summed E-state index contributed by atoms with van der Waals surface area (Å²) in [5.74, 6) is 0.770. The highest BCUT2D eigenvalue weighted by Gasteiger charge is 2.29. The molecule has 0 amide bonds. The van der Waals surface area contributed by atoms with Crippen LogP contribution >= 0.6 is 0 Å². The fraction of sp³-hybridized carbons (Fsp3) is 1.00. The van der Waals surface area contributed by atoms with E-state index in [-0.39, 0.29) is 5.54 Å². The van der Waals surface area contributed by atoms with Crippen LogP contribution in [-0.4, -0.2) is 30.1 Å². The summed E-state index contributed by atoms with van der Waals surface area (Å²) in [6.45, 7) is 14.6. The van der Waals surface area contributed by atoms with Gasteiger partial charge in [-0.1, -0.05) is 53.4 Å². The number of nitrogens with zero attached hydrogens (tertiary/aromatic N) is 1. The first kappa shape index (κ1) is 16.9. The molecular weight excluding hydrogens is 208 g/mol. The van der Waals surface area contributed by atoms with Crippen molar-refractivity contribution in [1.82, 2.24) is 4.90 Å². The Kier molecular flexibility index (Phi) is 8.89. The van der Waals surface area contributed by atoms with Crippen molar-refractivity contribution in [3.8, 4) is 0 Å². The van der Waals surface area contributed by atoms with Crippen LogP contribution in [0.3, 0.4) is 0 Å². The molecule has 0 aromatic heterocycles. The summed E-state index contributed by atoms with van der Waals surface area (Å²) in [6, 6.07) is 0. The second-order valence-corrected chi connectivity index (χ2v) is 5.71. The third-order valence-corrected chi connectivity index (χ3v) is 4.13. The van der Waals surface area contributed by atoms with Gasteiger partial charge in [0.15, 0.2) is 0 Å². The lowest BCUT2D eigenvalue weighted by Crippen LogP contribution is -2.52. The molecule has 2 atom stereocenters. The first-order chi connectivity index (χ1) is 8.03. The Morgan fingerprint density at radius 3 is 2.24 bits per heavy atom. The molecule has 0 aromatic rings. The van der Waals surface area contributed by atoms with Crippen LogP contribution in [-0.2, 0) is 0 Å². The topological polar surface area (TPSA) is 29.3 Å². The van der Waals surface area contributed by atoms with Crippen molar-refractivity contribution in [3.63, 3.8) is 0 Å². The highest BCUT2D eigenvalue weighted by Crippen LogP contribution is 2.23. The van der Waals surface area contributed by atoms with E-state index in [0.717, 1.165) is 19.0 Å². The highest BCUT2D eigenvalue weighted by atomic mass is 15.2. The van der Waals surface area contributed by atoms with Crippen LogP contribution in [0.25, 0.3) is 0 Å². The lowest BCUT2D eigenvalue weighted by molar-refractivity contribution is 0.0876. The quantitative estimate of drug-likeness (QED) is 0.593. The smallest absolute Gasteiger partial charge is 0.0303 e. The second-order valence-electron chi connectivity index (χ2n) is 5.71. The molecule has 0 aromatic carbocycles. The molecule has 0 aliphatic carbocycles. The van der Waals surface area contributed by atoms with E-state index in [0.29, 0.717) is 0 Å². The minimum Gasteiger partial charge on any atom is -0.329 e. The van der Waals surface area contributed by atoms with Crippen molar-refractivity contribution in [2.24, 2.45) is 11.7 Å². The molecule has 0 saturated carbocycles. The Labute approximate surface area is 109 Å². The normalized spacial score (nSPS) is 17.1. The number of hydrogen-bond donors (Lipinski definition) is 1. The second kappa shape index (κ2) is 8.93. The van der Waals surface area contributed by atoms with Crippen molar-refractivity contribution in [2.75, 3.05) is 19.6 Å². The average molecular weight is 242 g/mol. The molecule has 2 nitrogen and oxygen atoms in total. The van der Waals surface area contributed by atoms with Crippen molar-refractivity contribution in [1.29, 1.82) is 0 Å². The molecule has 0 aliphatic heterocycles. The standard InChI is InChI=1S/C15H34N2/c1-6-9-10-11-15(5,13-16)17(8-3)12-14(4)7-2/h14H,6-13,16H2,1-5H3. The maximum Gasteiger partial charge on any atom is 0.0303 e. The van der Waals surface area contributed by atoms with Crippen LogP contribution in [0, 0.1) is 5.92 Å². The zero-order chi connectivity index (χ0) is 13.3. The van der Waals surface area contributed by atoms with E-state index in [1.165, 1.54) is 38.6 Å². The van der Waals surface area contributed by atoms with Crippen LogP contribution in [0.2, 0.25) is 0 Å². The Morgan fingerprint density at radius 1 is 1.18 bits per heavy atom. The molecule has 0 fully saturated rings. The molecule has 104 valence electrons. The molecular formula is C15H34N2. The minimum absolute atomic E-state index is 0.202. The van der Waals surface area contributed by atoms with Gasteiger partial charge in [-0.2, -0.15) is 0 Å². The van der Waals surface area contributed by atoms with Crippen molar-refractivity contribution >= 4 is 0 Å². The van der Waals surface area contributed by atoms with Crippen molar-refractivity contribution in [3.05, 3.63) is 0 Å². The van der Waals surface area contributed by atoms with Gasteiger partial charge in [0.2, 0.25) is 0 Å². The van der Waals surface area contributed by atoms with E-state index in [1.807, 2.05) is 0 Å². The first-order valence-corrected chi connectivity index (χ1v) is 7.49. The first-order valence-electron chi connectivity index (χ1n) is 7.49. The van der Waals surface area contributed by atoms with Gasteiger partial charge >= 0.3 is 0 Å². The molecule has 2 heteroatoms. The largest absolute Gasteiger partial charge is 0.329 e. The van der Waals surface area contributed by atoms with Gasteiger partial charge in [0.1, 0.15) is 0 Å². The number of nitrogens with two attached hydrogens (primary N) is 1. The molecule has 2 unspecified atom stereocenters. The molecule has 0 spiro atoms. The highest BCUT2D eigenvalue weighted by molar-refractivity contribution is 4.87. The summed E-state index contributed by atoms with van der Waals surface area (Å²) in [4.78, 5) is 2.59. The summed E-state index contributed by atoms with van der Waals surface area (Å²) < 4.78 is 0. The molecule has 0 rings (SSSR count). The van der Waals surface area contributed by atoms with Gasteiger partial charge in [0, 0.05) is 18.6 Å². The van der Waals surface area contributed by atoms with Crippen LogP contribution in [0.5, 0.6) is 0 Å². The maximum atomic E-state index is 6.04. The maximum absolute atomic E-state index is 6.04. The molecule has 0 saturated heterocycles. The van der Waals surface area contributed by atoms with Gasteiger partial charge in [-0.25, -0.2) is 0 Å². The summed E-state index contributed by atoms with van der Waals surface area (Å²) in [6.07, 6.45) is 6.42. The van der Waals surface area contributed by atoms with Gasteiger partial charge in [0.05, 0.1) is 0 Å². The Balaban J connectivity index is 4.42. The summed E-state index contributed by atoms with van der Waals surface area (Å²) in [5, 5.41) is 0. The van der Waals surface area contributed by atoms with Crippen LogP contribution in [0.15, 0.2) is 0 Å². The molecule has 2 N–H and O–H groups in total. The number of unbranched alkanes of at least 4 members (excludes halogenated alkanes) is 2. The van der Waals surface area contributed by atoms with E-state index in [4.69, 9.17) is 5.73 Å². The van der Waals surface area contributed by atoms with Gasteiger partial charge in [-0.15, -0.1) is 0 Å². The van der Waals surface area contributed by atoms with Gasteiger partial charge in [0.25, 0.3) is 0 Å². The van der Waals surface area contributed by atoms with E-state index >= 15 is 0 Å². The summed E-state index contributed by atoms with van der Waals surface area (Å²) in [5.41, 5.74) is 6.24. The number of rotatable bonds is 10. The predicted molar refractivity (Wildman–Crippen MR) is 78.3 cm³/mol. The summed E-state index contributed by atoms with van der Waals surface area (Å²) in [7, 11) is 0. The molecule has 0 bridgehead atoms. The third-order valence-electron chi connectivity index (χ3n) is 4.13. The molecule has 17 heavy (non-hydrogen) atoms. The van der Waals surface area contributed by atoms with Crippen LogP contribution in [0.1, 0.15) is 66.7 Å². The van der Waals surface area contributed by atoms with Crippen molar-refractivity contribution in [2.45, 2.75) is 72.3 Å². The SMILES string of the molecule is CCCCCC(C)(CN)N(CC)CC(C)CC. The van der Waals surface area contributed by atoms with E-state index < -0.39 is 0 Å².